The third-order valence-corrected chi connectivity index (χ3v) is 3.74. The predicted octanol–water partition coefficient (Wildman–Crippen LogP) is 2.47. The number of anilines is 1. The molecule has 0 atom stereocenters. The molecule has 0 aromatic heterocycles. The van der Waals surface area contributed by atoms with E-state index in [2.05, 4.69) is 10.6 Å². The van der Waals surface area contributed by atoms with E-state index >= 15 is 0 Å². The first-order valence-electron chi connectivity index (χ1n) is 7.45. The Kier molecular flexibility index (Phi) is 5.60. The van der Waals surface area contributed by atoms with Gasteiger partial charge in [0.15, 0.2) is 0 Å². The van der Waals surface area contributed by atoms with Crippen molar-refractivity contribution in [2.24, 2.45) is 0 Å². The Hall–Kier alpha value is -2.04. The van der Waals surface area contributed by atoms with Crippen LogP contribution in [-0.2, 0) is 9.59 Å². The van der Waals surface area contributed by atoms with Crippen molar-refractivity contribution in [1.29, 1.82) is 0 Å². The SMILES string of the molecule is COc1ccc(NC(=O)C(=O)NC2CCCCCC2)cc1. The third-order valence-electron chi connectivity index (χ3n) is 3.74. The van der Waals surface area contributed by atoms with Crippen molar-refractivity contribution in [2.75, 3.05) is 12.4 Å². The van der Waals surface area contributed by atoms with Gasteiger partial charge >= 0.3 is 11.8 Å². The van der Waals surface area contributed by atoms with Crippen molar-refractivity contribution in [3.05, 3.63) is 24.3 Å². The summed E-state index contributed by atoms with van der Waals surface area (Å²) < 4.78 is 5.04. The fourth-order valence-electron chi connectivity index (χ4n) is 2.54. The molecule has 5 heteroatoms. The second-order valence-corrected chi connectivity index (χ2v) is 5.34. The fraction of sp³-hybridized carbons (Fsp3) is 0.500. The maximum absolute atomic E-state index is 11.9. The molecule has 0 saturated heterocycles. The lowest BCUT2D eigenvalue weighted by Crippen LogP contribution is -2.41. The summed E-state index contributed by atoms with van der Waals surface area (Å²) in [4.78, 5) is 23.8. The highest BCUT2D eigenvalue weighted by molar-refractivity contribution is 6.39. The average molecular weight is 290 g/mol. The Morgan fingerprint density at radius 2 is 1.62 bits per heavy atom. The number of methoxy groups -OCH3 is 1. The van der Waals surface area contributed by atoms with Gasteiger partial charge in [0.05, 0.1) is 7.11 Å². The third kappa shape index (κ3) is 4.77. The first kappa shape index (κ1) is 15.4. The molecule has 2 rings (SSSR count). The minimum atomic E-state index is -0.621. The van der Waals surface area contributed by atoms with Crippen LogP contribution in [0.2, 0.25) is 0 Å². The van der Waals surface area contributed by atoms with Gasteiger partial charge in [0.25, 0.3) is 0 Å². The van der Waals surface area contributed by atoms with Crippen LogP contribution in [0, 0.1) is 0 Å². The number of rotatable bonds is 3. The Morgan fingerprint density at radius 1 is 1.00 bits per heavy atom. The quantitative estimate of drug-likeness (QED) is 0.664. The summed E-state index contributed by atoms with van der Waals surface area (Å²) in [6, 6.07) is 7.00. The topological polar surface area (TPSA) is 67.4 Å². The summed E-state index contributed by atoms with van der Waals surface area (Å²) in [7, 11) is 1.58. The molecular formula is C16H22N2O3. The molecule has 0 bridgehead atoms. The lowest BCUT2D eigenvalue weighted by Gasteiger charge is -2.15. The molecule has 1 aliphatic carbocycles. The van der Waals surface area contributed by atoms with Crippen LogP contribution in [0.5, 0.6) is 5.75 Å². The summed E-state index contributed by atoms with van der Waals surface area (Å²) in [6.07, 6.45) is 6.58. The second kappa shape index (κ2) is 7.67. The zero-order valence-corrected chi connectivity index (χ0v) is 12.4. The Bertz CT molecular complexity index is 477. The minimum absolute atomic E-state index is 0.126. The van der Waals surface area contributed by atoms with Crippen LogP contribution in [0.3, 0.4) is 0 Å². The van der Waals surface area contributed by atoms with Crippen LogP contribution in [0.15, 0.2) is 24.3 Å². The smallest absolute Gasteiger partial charge is 0.313 e. The number of carbonyl (C=O) groups is 2. The van der Waals surface area contributed by atoms with E-state index in [1.54, 1.807) is 31.4 Å². The highest BCUT2D eigenvalue weighted by atomic mass is 16.5. The summed E-state index contributed by atoms with van der Waals surface area (Å²) in [5.41, 5.74) is 0.580. The Labute approximate surface area is 125 Å². The van der Waals surface area contributed by atoms with E-state index in [-0.39, 0.29) is 6.04 Å². The summed E-state index contributed by atoms with van der Waals surface area (Å²) in [5, 5.41) is 5.42. The zero-order chi connectivity index (χ0) is 15.1. The van der Waals surface area contributed by atoms with E-state index in [1.165, 1.54) is 12.8 Å². The van der Waals surface area contributed by atoms with E-state index in [0.29, 0.717) is 11.4 Å². The number of nitrogens with one attached hydrogen (secondary N) is 2. The maximum atomic E-state index is 11.9. The summed E-state index contributed by atoms with van der Waals surface area (Å²) >= 11 is 0. The molecule has 2 amide bonds. The number of ether oxygens (including phenoxy) is 1. The zero-order valence-electron chi connectivity index (χ0n) is 12.4. The largest absolute Gasteiger partial charge is 0.497 e. The lowest BCUT2D eigenvalue weighted by molar-refractivity contribution is -0.136. The summed E-state index contributed by atoms with van der Waals surface area (Å²) in [6.45, 7) is 0. The highest BCUT2D eigenvalue weighted by Gasteiger charge is 2.19. The highest BCUT2D eigenvalue weighted by Crippen LogP contribution is 2.17. The lowest BCUT2D eigenvalue weighted by atomic mass is 10.1. The molecule has 1 aliphatic rings. The molecule has 21 heavy (non-hydrogen) atoms. The maximum Gasteiger partial charge on any atom is 0.313 e. The van der Waals surface area contributed by atoms with Gasteiger partial charge in [-0.05, 0) is 37.1 Å². The normalized spacial score (nSPS) is 15.9. The van der Waals surface area contributed by atoms with Crippen LogP contribution in [0.1, 0.15) is 38.5 Å². The number of hydrogen-bond acceptors (Lipinski definition) is 3. The van der Waals surface area contributed by atoms with Gasteiger partial charge in [-0.3, -0.25) is 9.59 Å². The van der Waals surface area contributed by atoms with Crippen molar-refractivity contribution < 1.29 is 14.3 Å². The van der Waals surface area contributed by atoms with Gasteiger partial charge in [-0.2, -0.15) is 0 Å². The van der Waals surface area contributed by atoms with Crippen molar-refractivity contribution in [1.82, 2.24) is 5.32 Å². The first-order chi connectivity index (χ1) is 10.2. The average Bonchev–Trinajstić information content (AvgIpc) is 2.76. The van der Waals surface area contributed by atoms with Crippen molar-refractivity contribution in [3.8, 4) is 5.75 Å². The molecule has 1 fully saturated rings. The van der Waals surface area contributed by atoms with Crippen molar-refractivity contribution in [2.45, 2.75) is 44.6 Å². The van der Waals surface area contributed by atoms with Gasteiger partial charge in [0.1, 0.15) is 5.75 Å². The van der Waals surface area contributed by atoms with Gasteiger partial charge < -0.3 is 15.4 Å². The molecule has 0 spiro atoms. The van der Waals surface area contributed by atoms with Crippen LogP contribution in [-0.4, -0.2) is 25.0 Å². The predicted molar refractivity (Wildman–Crippen MR) is 81.3 cm³/mol. The van der Waals surface area contributed by atoms with Crippen LogP contribution in [0.4, 0.5) is 5.69 Å². The van der Waals surface area contributed by atoms with Gasteiger partial charge in [-0.25, -0.2) is 0 Å². The molecule has 0 aliphatic heterocycles. The number of hydrogen-bond donors (Lipinski definition) is 2. The molecule has 0 radical (unpaired) electrons. The summed E-state index contributed by atoms with van der Waals surface area (Å²) in [5.74, 6) is -0.474. The number of carbonyl (C=O) groups excluding carboxylic acids is 2. The van der Waals surface area contributed by atoms with E-state index in [9.17, 15) is 9.59 Å². The van der Waals surface area contributed by atoms with Gasteiger partial charge in [0, 0.05) is 11.7 Å². The number of amides is 2. The first-order valence-corrected chi connectivity index (χ1v) is 7.45. The van der Waals surface area contributed by atoms with Crippen LogP contribution >= 0.6 is 0 Å². The van der Waals surface area contributed by atoms with E-state index in [1.807, 2.05) is 0 Å². The van der Waals surface area contributed by atoms with Gasteiger partial charge in [0.2, 0.25) is 0 Å². The molecule has 0 heterocycles. The van der Waals surface area contributed by atoms with E-state index < -0.39 is 11.8 Å². The molecule has 1 saturated carbocycles. The second-order valence-electron chi connectivity index (χ2n) is 5.34. The monoisotopic (exact) mass is 290 g/mol. The Balaban J connectivity index is 1.84. The van der Waals surface area contributed by atoms with Crippen LogP contribution in [0.25, 0.3) is 0 Å². The van der Waals surface area contributed by atoms with E-state index in [4.69, 9.17) is 4.74 Å². The molecule has 1 aromatic carbocycles. The standard InChI is InChI=1S/C16H22N2O3/c1-21-14-10-8-13(9-11-14)18-16(20)15(19)17-12-6-4-2-3-5-7-12/h8-12H,2-7H2,1H3,(H,17,19)(H,18,20). The van der Waals surface area contributed by atoms with Gasteiger partial charge in [-0.15, -0.1) is 0 Å². The Morgan fingerprint density at radius 3 is 2.19 bits per heavy atom. The van der Waals surface area contributed by atoms with Crippen molar-refractivity contribution >= 4 is 17.5 Å². The van der Waals surface area contributed by atoms with Gasteiger partial charge in [-0.1, -0.05) is 25.7 Å². The molecule has 1 aromatic rings. The molecule has 0 unspecified atom stereocenters. The molecule has 2 N–H and O–H groups in total. The van der Waals surface area contributed by atoms with E-state index in [0.717, 1.165) is 25.7 Å². The van der Waals surface area contributed by atoms with Crippen molar-refractivity contribution in [3.63, 3.8) is 0 Å². The minimum Gasteiger partial charge on any atom is -0.497 e. The number of benzene rings is 1. The molecule has 5 nitrogen and oxygen atoms in total. The molecule has 114 valence electrons. The van der Waals surface area contributed by atoms with Crippen LogP contribution < -0.4 is 15.4 Å². The molecular weight excluding hydrogens is 268 g/mol. The fourth-order valence-corrected chi connectivity index (χ4v) is 2.54.